The molecule has 1 aromatic rings. The minimum Gasteiger partial charge on any atom is -0.258 e. The first-order valence-electron chi connectivity index (χ1n) is 4.04. The van der Waals surface area contributed by atoms with Crippen LogP contribution in [0.1, 0.15) is 11.1 Å². The minimum atomic E-state index is -3.75. The van der Waals surface area contributed by atoms with Crippen molar-refractivity contribution in [2.45, 2.75) is 12.7 Å². The number of aryl methyl sites for hydroxylation is 1. The molecule has 0 unspecified atom stereocenters. The third kappa shape index (κ3) is 3.00. The topological polar surface area (TPSA) is 103 Å². The average molecular weight is 230 g/mol. The van der Waals surface area contributed by atoms with Crippen LogP contribution in [0.4, 0.5) is 5.69 Å². The number of rotatable bonds is 3. The zero-order valence-corrected chi connectivity index (χ0v) is 8.82. The molecule has 82 valence electrons. The zero-order chi connectivity index (χ0) is 11.6. The summed E-state index contributed by atoms with van der Waals surface area (Å²) in [7, 11) is -3.75. The van der Waals surface area contributed by atoms with Gasteiger partial charge in [0, 0.05) is 11.1 Å². The fourth-order valence-corrected chi connectivity index (χ4v) is 1.98. The van der Waals surface area contributed by atoms with Crippen molar-refractivity contribution in [2.75, 3.05) is 0 Å². The fourth-order valence-electron chi connectivity index (χ4n) is 1.31. The number of hydrogen-bond acceptors (Lipinski definition) is 4. The standard InChI is InChI=1S/C8H10N2O4S/c1-6-3-2-4-7(5-15(9,13)14)8(6)10(11)12/h2-4H,5H2,1H3,(H2,9,13,14). The Morgan fingerprint density at radius 1 is 1.47 bits per heavy atom. The highest BCUT2D eigenvalue weighted by Gasteiger charge is 2.19. The smallest absolute Gasteiger partial charge is 0.258 e. The average Bonchev–Trinajstić information content (AvgIpc) is 1.99. The maximum atomic E-state index is 10.8. The number of nitro benzene ring substituents is 1. The summed E-state index contributed by atoms with van der Waals surface area (Å²) in [5.41, 5.74) is 0.343. The Hall–Kier alpha value is -1.47. The molecule has 0 amide bonds. The van der Waals surface area contributed by atoms with E-state index < -0.39 is 20.7 Å². The van der Waals surface area contributed by atoms with Gasteiger partial charge in [-0.25, -0.2) is 13.6 Å². The highest BCUT2D eigenvalue weighted by atomic mass is 32.2. The molecular formula is C8H10N2O4S. The van der Waals surface area contributed by atoms with Gasteiger partial charge >= 0.3 is 0 Å². The van der Waals surface area contributed by atoms with Crippen LogP contribution < -0.4 is 5.14 Å². The van der Waals surface area contributed by atoms with Gasteiger partial charge in [-0.15, -0.1) is 0 Å². The molecular weight excluding hydrogens is 220 g/mol. The monoisotopic (exact) mass is 230 g/mol. The maximum Gasteiger partial charge on any atom is 0.276 e. The third-order valence-electron chi connectivity index (χ3n) is 1.86. The molecule has 0 bridgehead atoms. The highest BCUT2D eigenvalue weighted by molar-refractivity contribution is 7.88. The van der Waals surface area contributed by atoms with Gasteiger partial charge < -0.3 is 0 Å². The number of nitrogens with two attached hydrogens (primary N) is 1. The molecule has 0 radical (unpaired) electrons. The van der Waals surface area contributed by atoms with Crippen molar-refractivity contribution < 1.29 is 13.3 Å². The van der Waals surface area contributed by atoms with E-state index in [9.17, 15) is 18.5 Å². The number of hydrogen-bond donors (Lipinski definition) is 1. The van der Waals surface area contributed by atoms with Crippen LogP contribution in [0, 0.1) is 17.0 Å². The zero-order valence-electron chi connectivity index (χ0n) is 8.00. The number of sulfonamides is 1. The van der Waals surface area contributed by atoms with Crippen LogP contribution >= 0.6 is 0 Å². The summed E-state index contributed by atoms with van der Waals surface area (Å²) < 4.78 is 21.7. The van der Waals surface area contributed by atoms with Gasteiger partial charge in [-0.05, 0) is 6.92 Å². The molecule has 1 rings (SSSR count). The van der Waals surface area contributed by atoms with Crippen molar-refractivity contribution >= 4 is 15.7 Å². The van der Waals surface area contributed by atoms with Crippen LogP contribution in [0.5, 0.6) is 0 Å². The lowest BCUT2D eigenvalue weighted by Crippen LogP contribution is -2.15. The quantitative estimate of drug-likeness (QED) is 0.609. The molecule has 1 aromatic carbocycles. The lowest BCUT2D eigenvalue weighted by atomic mass is 10.1. The molecule has 7 heteroatoms. The van der Waals surface area contributed by atoms with Gasteiger partial charge in [0.2, 0.25) is 10.0 Å². The van der Waals surface area contributed by atoms with Crippen LogP contribution in [0.3, 0.4) is 0 Å². The van der Waals surface area contributed by atoms with Crippen molar-refractivity contribution in [3.63, 3.8) is 0 Å². The SMILES string of the molecule is Cc1cccc(CS(N)(=O)=O)c1[N+](=O)[O-]. The van der Waals surface area contributed by atoms with Gasteiger partial charge in [0.1, 0.15) is 0 Å². The van der Waals surface area contributed by atoms with Crippen molar-refractivity contribution in [1.82, 2.24) is 0 Å². The molecule has 15 heavy (non-hydrogen) atoms. The summed E-state index contributed by atoms with van der Waals surface area (Å²) in [6.45, 7) is 1.55. The fraction of sp³-hybridized carbons (Fsp3) is 0.250. The van der Waals surface area contributed by atoms with Gasteiger partial charge in [-0.3, -0.25) is 10.1 Å². The first kappa shape index (κ1) is 11.6. The van der Waals surface area contributed by atoms with Crippen molar-refractivity contribution in [3.8, 4) is 0 Å². The van der Waals surface area contributed by atoms with E-state index >= 15 is 0 Å². The molecule has 0 aliphatic rings. The van der Waals surface area contributed by atoms with Crippen LogP contribution in [-0.4, -0.2) is 13.3 Å². The molecule has 0 aliphatic heterocycles. The molecule has 0 aliphatic carbocycles. The van der Waals surface area contributed by atoms with Crippen molar-refractivity contribution in [2.24, 2.45) is 5.14 Å². The molecule has 0 aromatic heterocycles. The Kier molecular flexibility index (Phi) is 3.06. The predicted octanol–water partition coefficient (Wildman–Crippen LogP) is 0.692. The molecule has 0 atom stereocenters. The van der Waals surface area contributed by atoms with Crippen LogP contribution in [0.15, 0.2) is 18.2 Å². The molecule has 2 N–H and O–H groups in total. The molecule has 0 heterocycles. The first-order chi connectivity index (χ1) is 6.81. The summed E-state index contributed by atoms with van der Waals surface area (Å²) in [6.07, 6.45) is 0. The number of para-hydroxylation sites is 1. The molecule has 6 nitrogen and oxygen atoms in total. The highest BCUT2D eigenvalue weighted by Crippen LogP contribution is 2.24. The molecule has 0 fully saturated rings. The summed E-state index contributed by atoms with van der Waals surface area (Å²) in [4.78, 5) is 10.1. The van der Waals surface area contributed by atoms with Crippen LogP contribution in [0.25, 0.3) is 0 Å². The van der Waals surface area contributed by atoms with E-state index in [2.05, 4.69) is 0 Å². The summed E-state index contributed by atoms with van der Waals surface area (Å²) in [5.74, 6) is -0.523. The first-order valence-corrected chi connectivity index (χ1v) is 5.76. The van der Waals surface area contributed by atoms with Gasteiger partial charge in [0.05, 0.1) is 10.7 Å². The van der Waals surface area contributed by atoms with E-state index in [-0.39, 0.29) is 11.3 Å². The normalized spacial score (nSPS) is 11.3. The van der Waals surface area contributed by atoms with E-state index in [0.29, 0.717) is 5.56 Å². The van der Waals surface area contributed by atoms with Gasteiger partial charge in [-0.1, -0.05) is 18.2 Å². The van der Waals surface area contributed by atoms with E-state index in [1.54, 1.807) is 19.1 Å². The minimum absolute atomic E-state index is 0.113. The Morgan fingerprint density at radius 3 is 2.53 bits per heavy atom. The lowest BCUT2D eigenvalue weighted by Gasteiger charge is -2.03. The lowest BCUT2D eigenvalue weighted by molar-refractivity contribution is -0.386. The Labute approximate surface area is 86.9 Å². The van der Waals surface area contributed by atoms with E-state index in [0.717, 1.165) is 0 Å². The second-order valence-electron chi connectivity index (χ2n) is 3.15. The maximum absolute atomic E-state index is 10.8. The van der Waals surface area contributed by atoms with Gasteiger partial charge in [-0.2, -0.15) is 0 Å². The van der Waals surface area contributed by atoms with Crippen LogP contribution in [-0.2, 0) is 15.8 Å². The van der Waals surface area contributed by atoms with Gasteiger partial charge in [0.15, 0.2) is 0 Å². The van der Waals surface area contributed by atoms with E-state index in [1.165, 1.54) is 6.07 Å². The number of nitrogens with zero attached hydrogens (tertiary/aromatic N) is 1. The Balaban J connectivity index is 3.30. The molecule has 0 spiro atoms. The Morgan fingerprint density at radius 2 is 2.07 bits per heavy atom. The second kappa shape index (κ2) is 3.95. The summed E-state index contributed by atoms with van der Waals surface area (Å²) >= 11 is 0. The molecule has 0 saturated heterocycles. The summed E-state index contributed by atoms with van der Waals surface area (Å²) in [6, 6.07) is 4.49. The number of nitro groups is 1. The largest absolute Gasteiger partial charge is 0.276 e. The predicted molar refractivity (Wildman–Crippen MR) is 54.6 cm³/mol. The summed E-state index contributed by atoms with van der Waals surface area (Å²) in [5, 5.41) is 15.5. The third-order valence-corrected chi connectivity index (χ3v) is 2.57. The second-order valence-corrected chi connectivity index (χ2v) is 4.76. The van der Waals surface area contributed by atoms with Crippen LogP contribution in [0.2, 0.25) is 0 Å². The van der Waals surface area contributed by atoms with Gasteiger partial charge in [0.25, 0.3) is 5.69 Å². The van der Waals surface area contributed by atoms with E-state index in [4.69, 9.17) is 5.14 Å². The van der Waals surface area contributed by atoms with Crippen molar-refractivity contribution in [3.05, 3.63) is 39.4 Å². The molecule has 0 saturated carbocycles. The number of primary sulfonamides is 1. The Bertz CT molecular complexity index is 495. The number of benzene rings is 1. The van der Waals surface area contributed by atoms with Crippen molar-refractivity contribution in [1.29, 1.82) is 0 Å². The van der Waals surface area contributed by atoms with E-state index in [1.807, 2.05) is 0 Å².